The van der Waals surface area contributed by atoms with Crippen molar-refractivity contribution < 1.29 is 8.42 Å². The Kier molecular flexibility index (Phi) is 5.32. The first-order valence-corrected chi connectivity index (χ1v) is 13.5. The maximum absolute atomic E-state index is 13.1. The molecule has 3 atom stereocenters. The van der Waals surface area contributed by atoms with E-state index in [0.717, 1.165) is 37.7 Å². The third-order valence-corrected chi connectivity index (χ3v) is 9.83. The number of aryl methyl sites for hydroxylation is 2. The second-order valence-electron chi connectivity index (χ2n) is 9.34. The zero-order valence-corrected chi connectivity index (χ0v) is 19.7. The molecule has 3 nitrogen and oxygen atoms in total. The van der Waals surface area contributed by atoms with Crippen molar-refractivity contribution in [2.75, 3.05) is 0 Å². The van der Waals surface area contributed by atoms with E-state index in [1.165, 1.54) is 21.6 Å². The molecule has 1 saturated carbocycles. The first-order valence-electron chi connectivity index (χ1n) is 11.1. The molecule has 5 heteroatoms. The Labute approximate surface area is 189 Å². The lowest BCUT2D eigenvalue weighted by molar-refractivity contribution is 0.143. The van der Waals surface area contributed by atoms with Crippen molar-refractivity contribution in [3.8, 4) is 10.4 Å². The molecular formula is C26H29NO2S2. The molecule has 0 bridgehead atoms. The van der Waals surface area contributed by atoms with Crippen molar-refractivity contribution in [3.05, 3.63) is 76.7 Å². The van der Waals surface area contributed by atoms with Crippen molar-refractivity contribution in [3.63, 3.8) is 0 Å². The van der Waals surface area contributed by atoms with E-state index in [1.807, 2.05) is 19.1 Å². The first kappa shape index (κ1) is 20.9. The highest BCUT2D eigenvalue weighted by Crippen LogP contribution is 2.51. The number of hydrogen-bond acceptors (Lipinski definition) is 3. The maximum atomic E-state index is 13.1. The summed E-state index contributed by atoms with van der Waals surface area (Å²) >= 11 is 1.77. The molecule has 162 valence electrons. The van der Waals surface area contributed by atoms with E-state index in [2.05, 4.69) is 47.4 Å². The van der Waals surface area contributed by atoms with Crippen LogP contribution in [0.5, 0.6) is 0 Å². The molecule has 2 aromatic carbocycles. The lowest BCUT2D eigenvalue weighted by Gasteiger charge is -2.50. The molecule has 1 heterocycles. The summed E-state index contributed by atoms with van der Waals surface area (Å²) in [6.45, 7) is 4.33. The zero-order valence-electron chi connectivity index (χ0n) is 18.1. The van der Waals surface area contributed by atoms with Crippen molar-refractivity contribution in [1.29, 1.82) is 0 Å². The molecule has 0 radical (unpaired) electrons. The van der Waals surface area contributed by atoms with Crippen LogP contribution in [-0.2, 0) is 21.9 Å². The molecule has 1 fully saturated rings. The molecule has 0 aliphatic heterocycles. The molecule has 31 heavy (non-hydrogen) atoms. The molecule has 5 rings (SSSR count). The average molecular weight is 452 g/mol. The number of nitrogens with one attached hydrogen (secondary N) is 1. The highest BCUT2D eigenvalue weighted by Gasteiger charge is 2.47. The van der Waals surface area contributed by atoms with Crippen LogP contribution in [-0.4, -0.2) is 14.5 Å². The van der Waals surface area contributed by atoms with Gasteiger partial charge in [-0.25, -0.2) is 13.1 Å². The maximum Gasteiger partial charge on any atom is 0.240 e. The van der Waals surface area contributed by atoms with Crippen LogP contribution in [0.4, 0.5) is 0 Å². The second kappa shape index (κ2) is 7.88. The molecule has 0 saturated heterocycles. The van der Waals surface area contributed by atoms with Gasteiger partial charge in [0.15, 0.2) is 0 Å². The summed E-state index contributed by atoms with van der Waals surface area (Å²) in [6, 6.07) is 18.3. The molecular weight excluding hydrogens is 422 g/mol. The predicted molar refractivity (Wildman–Crippen MR) is 128 cm³/mol. The number of thiophene rings is 1. The topological polar surface area (TPSA) is 46.2 Å². The van der Waals surface area contributed by atoms with Gasteiger partial charge in [-0.2, -0.15) is 0 Å². The SMILES string of the molecule is Cc1ccc(S(=O)(=O)N[C@H]2CCC[C@@]3(C)c4cc(-c5cccs5)ccc4CC[C@H]23)cc1. The minimum Gasteiger partial charge on any atom is -0.208 e. The van der Waals surface area contributed by atoms with Crippen LogP contribution < -0.4 is 4.72 Å². The Morgan fingerprint density at radius 3 is 2.61 bits per heavy atom. The minimum absolute atomic E-state index is 0.000431. The smallest absolute Gasteiger partial charge is 0.208 e. The molecule has 3 aromatic rings. The van der Waals surface area contributed by atoms with Crippen LogP contribution in [0, 0.1) is 12.8 Å². The van der Waals surface area contributed by atoms with Crippen LogP contribution in [0.1, 0.15) is 49.3 Å². The number of benzene rings is 2. The molecule has 2 aliphatic carbocycles. The number of fused-ring (bicyclic) bond motifs is 3. The van der Waals surface area contributed by atoms with E-state index < -0.39 is 10.0 Å². The van der Waals surface area contributed by atoms with Gasteiger partial charge in [-0.15, -0.1) is 11.3 Å². The molecule has 0 unspecified atom stereocenters. The standard InChI is InChI=1S/C26H29NO2S2/c1-18-7-12-21(13-8-18)31(28,29)27-24-5-3-15-26(2)22(24)14-11-19-9-10-20(17-23(19)26)25-6-4-16-30-25/h4,6-10,12-13,16-17,22,24,27H,3,5,11,14-15H2,1-2H3/t22-,24+,26-/m1/s1. The fourth-order valence-corrected chi connectivity index (χ4v) is 7.77. The van der Waals surface area contributed by atoms with Gasteiger partial charge >= 0.3 is 0 Å². The van der Waals surface area contributed by atoms with Gasteiger partial charge in [0.25, 0.3) is 0 Å². The third-order valence-electron chi connectivity index (χ3n) is 7.41. The Morgan fingerprint density at radius 2 is 1.87 bits per heavy atom. The Hall–Kier alpha value is -1.95. The normalized spacial score (nSPS) is 25.6. The third kappa shape index (κ3) is 3.77. The Balaban J connectivity index is 1.47. The van der Waals surface area contributed by atoms with E-state index in [1.54, 1.807) is 23.5 Å². The highest BCUT2D eigenvalue weighted by molar-refractivity contribution is 7.89. The summed E-state index contributed by atoms with van der Waals surface area (Å²) < 4.78 is 29.4. The summed E-state index contributed by atoms with van der Waals surface area (Å²) in [4.78, 5) is 1.66. The van der Waals surface area contributed by atoms with Crippen molar-refractivity contribution in [2.45, 2.75) is 62.3 Å². The lowest BCUT2D eigenvalue weighted by atomic mass is 9.56. The zero-order chi connectivity index (χ0) is 21.6. The van der Waals surface area contributed by atoms with Gasteiger partial charge in [0.05, 0.1) is 4.90 Å². The van der Waals surface area contributed by atoms with Crippen LogP contribution in [0.3, 0.4) is 0 Å². The summed E-state index contributed by atoms with van der Waals surface area (Å²) in [5.41, 5.74) is 5.20. The van der Waals surface area contributed by atoms with Gasteiger partial charge in [-0.1, -0.05) is 49.2 Å². The summed E-state index contributed by atoms with van der Waals surface area (Å²) in [6.07, 6.45) is 5.11. The van der Waals surface area contributed by atoms with Gasteiger partial charge in [0.1, 0.15) is 0 Å². The first-order chi connectivity index (χ1) is 14.9. The van der Waals surface area contributed by atoms with E-state index in [4.69, 9.17) is 0 Å². The molecule has 1 N–H and O–H groups in total. The van der Waals surface area contributed by atoms with Gasteiger partial charge in [-0.3, -0.25) is 0 Å². The van der Waals surface area contributed by atoms with E-state index in [9.17, 15) is 8.42 Å². The summed E-state index contributed by atoms with van der Waals surface area (Å²) in [5, 5.41) is 2.12. The largest absolute Gasteiger partial charge is 0.240 e. The van der Waals surface area contributed by atoms with Gasteiger partial charge in [0.2, 0.25) is 10.0 Å². The number of hydrogen-bond donors (Lipinski definition) is 1. The highest BCUT2D eigenvalue weighted by atomic mass is 32.2. The van der Waals surface area contributed by atoms with Crippen LogP contribution in [0.2, 0.25) is 0 Å². The van der Waals surface area contributed by atoms with E-state index in [0.29, 0.717) is 10.8 Å². The minimum atomic E-state index is -3.52. The van der Waals surface area contributed by atoms with Gasteiger partial charge in [0, 0.05) is 10.9 Å². The van der Waals surface area contributed by atoms with Gasteiger partial charge < -0.3 is 0 Å². The summed E-state index contributed by atoms with van der Waals surface area (Å²) in [5.74, 6) is 0.313. The van der Waals surface area contributed by atoms with Crippen LogP contribution >= 0.6 is 11.3 Å². The lowest BCUT2D eigenvalue weighted by Crippen LogP contribution is -2.53. The van der Waals surface area contributed by atoms with E-state index >= 15 is 0 Å². The summed E-state index contributed by atoms with van der Waals surface area (Å²) in [7, 11) is -3.52. The predicted octanol–water partition coefficient (Wildman–Crippen LogP) is 6.07. The van der Waals surface area contributed by atoms with Crippen LogP contribution in [0.25, 0.3) is 10.4 Å². The molecule has 0 spiro atoms. The second-order valence-corrected chi connectivity index (χ2v) is 12.0. The van der Waals surface area contributed by atoms with E-state index in [-0.39, 0.29) is 11.5 Å². The quantitative estimate of drug-likeness (QED) is 0.523. The fourth-order valence-electron chi connectivity index (χ4n) is 5.73. The monoisotopic (exact) mass is 451 g/mol. The molecule has 1 aromatic heterocycles. The van der Waals surface area contributed by atoms with Crippen molar-refractivity contribution >= 4 is 21.4 Å². The van der Waals surface area contributed by atoms with Crippen molar-refractivity contribution in [1.82, 2.24) is 4.72 Å². The van der Waals surface area contributed by atoms with Crippen LogP contribution in [0.15, 0.2) is 64.9 Å². The Morgan fingerprint density at radius 1 is 1.06 bits per heavy atom. The fraction of sp³-hybridized carbons (Fsp3) is 0.385. The Bertz CT molecular complexity index is 1180. The van der Waals surface area contributed by atoms with Crippen molar-refractivity contribution in [2.24, 2.45) is 5.92 Å². The molecule has 2 aliphatic rings. The average Bonchev–Trinajstić information content (AvgIpc) is 3.28. The number of rotatable bonds is 4. The van der Waals surface area contributed by atoms with Gasteiger partial charge in [-0.05, 0) is 90.3 Å². The molecule has 0 amide bonds. The number of sulfonamides is 1.